The van der Waals surface area contributed by atoms with Crippen molar-refractivity contribution in [3.63, 3.8) is 0 Å². The largest absolute Gasteiger partial charge is 0.481 e. The van der Waals surface area contributed by atoms with Crippen molar-refractivity contribution in [3.8, 4) is 0 Å². The van der Waals surface area contributed by atoms with E-state index in [0.29, 0.717) is 0 Å². The van der Waals surface area contributed by atoms with Gasteiger partial charge >= 0.3 is 5.97 Å². The molecule has 0 aromatic heterocycles. The van der Waals surface area contributed by atoms with Crippen LogP contribution in [0.4, 0.5) is 0 Å². The molecule has 2 heteroatoms. The predicted molar refractivity (Wildman–Crippen MR) is 61.6 cm³/mol. The second-order valence-corrected chi connectivity index (χ2v) is 5.30. The number of hydrogen-bond donors (Lipinski definition) is 1. The molecule has 1 aliphatic carbocycles. The zero-order valence-corrected chi connectivity index (χ0v) is 10.2. The third kappa shape index (κ3) is 2.49. The van der Waals surface area contributed by atoms with E-state index in [-0.39, 0.29) is 17.3 Å². The van der Waals surface area contributed by atoms with Gasteiger partial charge in [0.15, 0.2) is 0 Å². The van der Waals surface area contributed by atoms with Crippen molar-refractivity contribution in [1.82, 2.24) is 0 Å². The molecule has 0 aliphatic heterocycles. The summed E-state index contributed by atoms with van der Waals surface area (Å²) in [5.74, 6) is -0.699. The van der Waals surface area contributed by atoms with E-state index in [1.54, 1.807) is 0 Å². The number of carbonyl (C=O) groups is 1. The lowest BCUT2D eigenvalue weighted by molar-refractivity contribution is -0.139. The van der Waals surface area contributed by atoms with Gasteiger partial charge in [-0.25, -0.2) is 0 Å². The van der Waals surface area contributed by atoms with Crippen molar-refractivity contribution < 1.29 is 9.90 Å². The molecule has 2 unspecified atom stereocenters. The van der Waals surface area contributed by atoms with Crippen LogP contribution in [0.3, 0.4) is 0 Å². The summed E-state index contributed by atoms with van der Waals surface area (Å²) in [7, 11) is 0. The molecule has 1 fully saturated rings. The Labute approximate surface area is 91.7 Å². The van der Waals surface area contributed by atoms with Gasteiger partial charge in [-0.15, -0.1) is 0 Å². The van der Waals surface area contributed by atoms with Crippen LogP contribution in [0.5, 0.6) is 0 Å². The third-order valence-electron chi connectivity index (χ3n) is 3.14. The van der Waals surface area contributed by atoms with Gasteiger partial charge < -0.3 is 5.11 Å². The monoisotopic (exact) mass is 208 g/mol. The molecular formula is C13H20O2. The quantitative estimate of drug-likeness (QED) is 0.723. The highest BCUT2D eigenvalue weighted by Gasteiger charge is 2.60. The topological polar surface area (TPSA) is 37.3 Å². The maximum Gasteiger partial charge on any atom is 0.307 e. The zero-order valence-electron chi connectivity index (χ0n) is 10.2. The van der Waals surface area contributed by atoms with E-state index < -0.39 is 5.97 Å². The van der Waals surface area contributed by atoms with E-state index in [1.165, 1.54) is 5.57 Å². The first kappa shape index (κ1) is 12.0. The fourth-order valence-corrected chi connectivity index (χ4v) is 2.25. The Bertz CT molecular complexity index is 330. The molecule has 2 atom stereocenters. The molecule has 0 aromatic carbocycles. The summed E-state index contributed by atoms with van der Waals surface area (Å²) in [6, 6.07) is 0. The van der Waals surface area contributed by atoms with Gasteiger partial charge in [-0.1, -0.05) is 37.1 Å². The Kier molecular flexibility index (Phi) is 3.08. The molecule has 1 rings (SSSR count). The van der Waals surface area contributed by atoms with Gasteiger partial charge in [0, 0.05) is 0 Å². The standard InChI is InChI=1S/C13H20O2/c1-8(2)6-9(3)7-10-11(12(14)15)13(10,4)5/h6-7,10-11H,1-5H3,(H,14,15). The molecular weight excluding hydrogens is 188 g/mol. The minimum atomic E-state index is -0.675. The maximum absolute atomic E-state index is 10.9. The minimum Gasteiger partial charge on any atom is -0.481 e. The summed E-state index contributed by atoms with van der Waals surface area (Å²) in [4.78, 5) is 10.9. The average molecular weight is 208 g/mol. The van der Waals surface area contributed by atoms with Crippen LogP contribution in [0, 0.1) is 17.3 Å². The summed E-state index contributed by atoms with van der Waals surface area (Å²) >= 11 is 0. The first-order valence-electron chi connectivity index (χ1n) is 5.33. The number of aliphatic carboxylic acids is 1. The zero-order chi connectivity index (χ0) is 11.8. The van der Waals surface area contributed by atoms with Gasteiger partial charge in [0.1, 0.15) is 0 Å². The molecule has 0 spiro atoms. The van der Waals surface area contributed by atoms with Crippen molar-refractivity contribution in [2.24, 2.45) is 17.3 Å². The number of carboxylic acid groups (broad SMARTS) is 1. The lowest BCUT2D eigenvalue weighted by atomic mass is 10.1. The van der Waals surface area contributed by atoms with Crippen LogP contribution in [-0.4, -0.2) is 11.1 Å². The van der Waals surface area contributed by atoms with Gasteiger partial charge in [-0.05, 0) is 32.1 Å². The van der Waals surface area contributed by atoms with Crippen LogP contribution in [0.1, 0.15) is 34.6 Å². The molecule has 1 saturated carbocycles. The van der Waals surface area contributed by atoms with E-state index in [2.05, 4.69) is 12.2 Å². The second kappa shape index (κ2) is 3.84. The van der Waals surface area contributed by atoms with E-state index >= 15 is 0 Å². The smallest absolute Gasteiger partial charge is 0.307 e. The van der Waals surface area contributed by atoms with Crippen LogP contribution in [-0.2, 0) is 4.79 Å². The van der Waals surface area contributed by atoms with Crippen molar-refractivity contribution in [3.05, 3.63) is 23.3 Å². The molecule has 0 saturated heterocycles. The van der Waals surface area contributed by atoms with Crippen LogP contribution >= 0.6 is 0 Å². The Morgan fingerprint density at radius 3 is 2.13 bits per heavy atom. The van der Waals surface area contributed by atoms with Gasteiger partial charge in [0.2, 0.25) is 0 Å². The summed E-state index contributed by atoms with van der Waals surface area (Å²) in [6.45, 7) is 10.2. The Hall–Kier alpha value is -1.05. The van der Waals surface area contributed by atoms with Crippen LogP contribution in [0.15, 0.2) is 23.3 Å². The number of carboxylic acids is 1. The van der Waals surface area contributed by atoms with Crippen LogP contribution in [0.25, 0.3) is 0 Å². The lowest BCUT2D eigenvalue weighted by Gasteiger charge is -1.98. The Balaban J connectivity index is 2.78. The van der Waals surface area contributed by atoms with Crippen molar-refractivity contribution in [2.75, 3.05) is 0 Å². The second-order valence-electron chi connectivity index (χ2n) is 5.30. The molecule has 0 radical (unpaired) electrons. The average Bonchev–Trinajstić information content (AvgIpc) is 2.50. The van der Waals surface area contributed by atoms with Gasteiger partial charge in [-0.2, -0.15) is 0 Å². The summed E-state index contributed by atoms with van der Waals surface area (Å²) in [5, 5.41) is 9.01. The number of rotatable bonds is 3. The molecule has 0 bridgehead atoms. The molecule has 0 aromatic rings. The molecule has 15 heavy (non-hydrogen) atoms. The van der Waals surface area contributed by atoms with E-state index in [9.17, 15) is 4.79 Å². The molecule has 0 amide bonds. The van der Waals surface area contributed by atoms with E-state index in [4.69, 9.17) is 5.11 Å². The fourth-order valence-electron chi connectivity index (χ4n) is 2.25. The summed E-state index contributed by atoms with van der Waals surface area (Å²) < 4.78 is 0. The van der Waals surface area contributed by atoms with E-state index in [0.717, 1.165) is 5.57 Å². The maximum atomic E-state index is 10.9. The Morgan fingerprint density at radius 1 is 1.27 bits per heavy atom. The normalized spacial score (nSPS) is 28.5. The lowest BCUT2D eigenvalue weighted by Crippen LogP contribution is -2.03. The number of hydrogen-bond acceptors (Lipinski definition) is 1. The summed E-state index contributed by atoms with van der Waals surface area (Å²) in [6.07, 6.45) is 4.18. The first-order valence-corrected chi connectivity index (χ1v) is 5.33. The minimum absolute atomic E-state index is 0.0808. The Morgan fingerprint density at radius 2 is 1.80 bits per heavy atom. The van der Waals surface area contributed by atoms with Crippen molar-refractivity contribution in [2.45, 2.75) is 34.6 Å². The molecule has 1 N–H and O–H groups in total. The van der Waals surface area contributed by atoms with Gasteiger partial charge in [0.05, 0.1) is 5.92 Å². The highest BCUT2D eigenvalue weighted by atomic mass is 16.4. The summed E-state index contributed by atoms with van der Waals surface area (Å²) in [5.41, 5.74) is 2.33. The highest BCUT2D eigenvalue weighted by molar-refractivity contribution is 5.76. The molecule has 1 aliphatic rings. The molecule has 84 valence electrons. The predicted octanol–water partition coefficient (Wildman–Crippen LogP) is 3.26. The van der Waals surface area contributed by atoms with Crippen LogP contribution < -0.4 is 0 Å². The third-order valence-corrected chi connectivity index (χ3v) is 3.14. The molecule has 2 nitrogen and oxygen atoms in total. The fraction of sp³-hybridized carbons (Fsp3) is 0.615. The van der Waals surface area contributed by atoms with Crippen molar-refractivity contribution in [1.29, 1.82) is 0 Å². The number of allylic oxidation sites excluding steroid dienone is 4. The van der Waals surface area contributed by atoms with Crippen molar-refractivity contribution >= 4 is 5.97 Å². The van der Waals surface area contributed by atoms with Crippen LogP contribution in [0.2, 0.25) is 0 Å². The first-order chi connectivity index (χ1) is 6.76. The van der Waals surface area contributed by atoms with Gasteiger partial charge in [0.25, 0.3) is 0 Å². The van der Waals surface area contributed by atoms with E-state index in [1.807, 2.05) is 34.6 Å². The molecule has 0 heterocycles. The highest BCUT2D eigenvalue weighted by Crippen LogP contribution is 2.59. The van der Waals surface area contributed by atoms with Gasteiger partial charge in [-0.3, -0.25) is 4.79 Å². The SMILES string of the molecule is CC(C)=CC(C)=CC1C(C(=O)O)C1(C)C.